The van der Waals surface area contributed by atoms with Gasteiger partial charge in [-0.3, -0.25) is 4.79 Å². The Bertz CT molecular complexity index is 358. The summed E-state index contributed by atoms with van der Waals surface area (Å²) in [5.74, 6) is 0.144. The Morgan fingerprint density at radius 1 is 1.44 bits per heavy atom. The van der Waals surface area contributed by atoms with Crippen molar-refractivity contribution in [1.29, 1.82) is 0 Å². The van der Waals surface area contributed by atoms with Crippen LogP contribution in [0.3, 0.4) is 0 Å². The minimum absolute atomic E-state index is 0.140. The number of ether oxygens (including phenoxy) is 1. The largest absolute Gasteiger partial charge is 0.508 e. The molecule has 16 heavy (non-hydrogen) atoms. The van der Waals surface area contributed by atoms with Gasteiger partial charge in [0.05, 0.1) is 6.61 Å². The van der Waals surface area contributed by atoms with Crippen molar-refractivity contribution < 1.29 is 14.6 Å². The van der Waals surface area contributed by atoms with Crippen molar-refractivity contribution in [1.82, 2.24) is 0 Å². The van der Waals surface area contributed by atoms with Crippen molar-refractivity contribution in [3.8, 4) is 5.75 Å². The minimum Gasteiger partial charge on any atom is -0.508 e. The molecule has 0 atom stereocenters. The summed E-state index contributed by atoms with van der Waals surface area (Å²) in [5, 5.41) is 9.25. The molecule has 0 aliphatic rings. The molecular formula is C13H18O3. The molecule has 0 radical (unpaired) electrons. The molecule has 0 aliphatic carbocycles. The van der Waals surface area contributed by atoms with E-state index in [1.165, 1.54) is 5.56 Å². The summed E-state index contributed by atoms with van der Waals surface area (Å²) < 4.78 is 4.85. The van der Waals surface area contributed by atoms with Gasteiger partial charge in [0.25, 0.3) is 0 Å². The minimum atomic E-state index is -0.140. The number of phenols is 1. The van der Waals surface area contributed by atoms with Crippen molar-refractivity contribution in [2.24, 2.45) is 0 Å². The Labute approximate surface area is 96.1 Å². The van der Waals surface area contributed by atoms with Crippen LogP contribution in [0.5, 0.6) is 5.75 Å². The summed E-state index contributed by atoms with van der Waals surface area (Å²) in [6.45, 7) is 4.21. The molecule has 0 saturated heterocycles. The quantitative estimate of drug-likeness (QED) is 0.779. The van der Waals surface area contributed by atoms with Gasteiger partial charge >= 0.3 is 5.97 Å². The first-order valence-corrected chi connectivity index (χ1v) is 5.57. The van der Waals surface area contributed by atoms with Gasteiger partial charge in [0.2, 0.25) is 0 Å². The van der Waals surface area contributed by atoms with Crippen molar-refractivity contribution in [3.63, 3.8) is 0 Å². The van der Waals surface area contributed by atoms with Crippen LogP contribution < -0.4 is 0 Å². The predicted molar refractivity (Wildman–Crippen MR) is 62.4 cm³/mol. The molecule has 1 N–H and O–H groups in total. The maximum atomic E-state index is 11.1. The normalized spacial score (nSPS) is 10.1. The number of hydrogen-bond donors (Lipinski definition) is 1. The molecule has 0 spiro atoms. The van der Waals surface area contributed by atoms with Crippen LogP contribution in [0.2, 0.25) is 0 Å². The van der Waals surface area contributed by atoms with Gasteiger partial charge < -0.3 is 9.84 Å². The first-order valence-electron chi connectivity index (χ1n) is 5.57. The smallest absolute Gasteiger partial charge is 0.305 e. The number of carbonyl (C=O) groups is 1. The lowest BCUT2D eigenvalue weighted by atomic mass is 10.0. The van der Waals surface area contributed by atoms with E-state index in [1.807, 2.05) is 19.9 Å². The predicted octanol–water partition coefficient (Wildman–Crippen LogP) is 2.59. The molecule has 0 aliphatic heterocycles. The fraction of sp³-hybridized carbons (Fsp3) is 0.462. The van der Waals surface area contributed by atoms with Crippen LogP contribution in [0.1, 0.15) is 30.9 Å². The van der Waals surface area contributed by atoms with Gasteiger partial charge in [-0.15, -0.1) is 0 Å². The Kier molecular flexibility index (Phi) is 4.83. The van der Waals surface area contributed by atoms with Gasteiger partial charge in [0, 0.05) is 6.42 Å². The van der Waals surface area contributed by atoms with E-state index >= 15 is 0 Å². The molecule has 1 aromatic rings. The zero-order valence-corrected chi connectivity index (χ0v) is 9.82. The van der Waals surface area contributed by atoms with Crippen molar-refractivity contribution in [3.05, 3.63) is 29.3 Å². The van der Waals surface area contributed by atoms with E-state index < -0.39 is 0 Å². The van der Waals surface area contributed by atoms with Crippen LogP contribution in [0.15, 0.2) is 18.2 Å². The zero-order chi connectivity index (χ0) is 12.0. The number of esters is 1. The molecule has 0 bridgehead atoms. The van der Waals surface area contributed by atoms with Gasteiger partial charge in [0.15, 0.2) is 0 Å². The lowest BCUT2D eigenvalue weighted by molar-refractivity contribution is -0.143. The third-order valence-electron chi connectivity index (χ3n) is 2.46. The highest BCUT2D eigenvalue weighted by molar-refractivity contribution is 5.69. The second-order valence-electron chi connectivity index (χ2n) is 3.77. The van der Waals surface area contributed by atoms with Gasteiger partial charge in [-0.2, -0.15) is 0 Å². The number of phenolic OH excluding ortho intramolecular Hbond substituents is 1. The summed E-state index contributed by atoms with van der Waals surface area (Å²) in [6.07, 6.45) is 2.07. The molecule has 88 valence electrons. The summed E-state index contributed by atoms with van der Waals surface area (Å²) >= 11 is 0. The third-order valence-corrected chi connectivity index (χ3v) is 2.46. The fourth-order valence-electron chi connectivity index (χ4n) is 1.62. The van der Waals surface area contributed by atoms with Crippen molar-refractivity contribution >= 4 is 5.97 Å². The van der Waals surface area contributed by atoms with E-state index in [9.17, 15) is 9.90 Å². The monoisotopic (exact) mass is 222 g/mol. The van der Waals surface area contributed by atoms with Crippen LogP contribution >= 0.6 is 0 Å². The summed E-state index contributed by atoms with van der Waals surface area (Å²) in [4.78, 5) is 11.1. The van der Waals surface area contributed by atoms with Crippen molar-refractivity contribution in [2.45, 2.75) is 33.1 Å². The third kappa shape index (κ3) is 3.93. The Hall–Kier alpha value is -1.51. The van der Waals surface area contributed by atoms with Gasteiger partial charge in [0.1, 0.15) is 5.75 Å². The summed E-state index contributed by atoms with van der Waals surface area (Å²) in [6, 6.07) is 5.31. The van der Waals surface area contributed by atoms with E-state index in [0.717, 1.165) is 18.4 Å². The van der Waals surface area contributed by atoms with Crippen molar-refractivity contribution in [2.75, 3.05) is 6.61 Å². The molecule has 0 fully saturated rings. The van der Waals surface area contributed by atoms with E-state index in [2.05, 4.69) is 0 Å². The molecule has 1 aromatic carbocycles. The molecule has 3 heteroatoms. The van der Waals surface area contributed by atoms with E-state index in [4.69, 9.17) is 4.74 Å². The van der Waals surface area contributed by atoms with Crippen LogP contribution in [0.4, 0.5) is 0 Å². The van der Waals surface area contributed by atoms with Crippen LogP contribution in [0, 0.1) is 6.92 Å². The van der Waals surface area contributed by atoms with E-state index in [1.54, 1.807) is 12.1 Å². The number of carbonyl (C=O) groups excluding carboxylic acids is 1. The Balaban J connectivity index is 2.40. The average molecular weight is 222 g/mol. The highest BCUT2D eigenvalue weighted by Gasteiger charge is 2.03. The lowest BCUT2D eigenvalue weighted by Crippen LogP contribution is -2.04. The summed E-state index contributed by atoms with van der Waals surface area (Å²) in [5.41, 5.74) is 2.23. The second kappa shape index (κ2) is 6.16. The first kappa shape index (κ1) is 12.6. The van der Waals surface area contributed by atoms with Gasteiger partial charge in [-0.05, 0) is 49.9 Å². The van der Waals surface area contributed by atoms with E-state index in [-0.39, 0.29) is 11.7 Å². The first-order chi connectivity index (χ1) is 7.63. The fourth-order valence-corrected chi connectivity index (χ4v) is 1.62. The molecule has 0 unspecified atom stereocenters. The second-order valence-corrected chi connectivity index (χ2v) is 3.77. The zero-order valence-electron chi connectivity index (χ0n) is 9.82. The highest BCUT2D eigenvalue weighted by atomic mass is 16.5. The topological polar surface area (TPSA) is 46.5 Å². The SMILES string of the molecule is CCOC(=O)CCCc1ccc(O)cc1C. The molecule has 0 amide bonds. The van der Waals surface area contributed by atoms with E-state index in [0.29, 0.717) is 13.0 Å². The summed E-state index contributed by atoms with van der Waals surface area (Å²) in [7, 11) is 0. The Morgan fingerprint density at radius 2 is 2.19 bits per heavy atom. The molecule has 0 saturated carbocycles. The molecule has 3 nitrogen and oxygen atoms in total. The molecule has 0 heterocycles. The van der Waals surface area contributed by atoms with Crippen LogP contribution in [0.25, 0.3) is 0 Å². The maximum absolute atomic E-state index is 11.1. The molecule has 0 aromatic heterocycles. The van der Waals surface area contributed by atoms with Crippen LogP contribution in [-0.2, 0) is 16.0 Å². The number of aromatic hydroxyl groups is 1. The van der Waals surface area contributed by atoms with Crippen LogP contribution in [-0.4, -0.2) is 17.7 Å². The number of benzene rings is 1. The Morgan fingerprint density at radius 3 is 2.81 bits per heavy atom. The van der Waals surface area contributed by atoms with Gasteiger partial charge in [-0.25, -0.2) is 0 Å². The molecular weight excluding hydrogens is 204 g/mol. The number of aryl methyl sites for hydroxylation is 2. The standard InChI is InChI=1S/C13H18O3/c1-3-16-13(15)6-4-5-11-7-8-12(14)9-10(11)2/h7-9,14H,3-6H2,1-2H3. The lowest BCUT2D eigenvalue weighted by Gasteiger charge is -2.06. The average Bonchev–Trinajstić information content (AvgIpc) is 2.22. The highest BCUT2D eigenvalue weighted by Crippen LogP contribution is 2.17. The maximum Gasteiger partial charge on any atom is 0.305 e. The number of rotatable bonds is 5. The molecule has 1 rings (SSSR count). The number of hydrogen-bond acceptors (Lipinski definition) is 3. The van der Waals surface area contributed by atoms with Gasteiger partial charge in [-0.1, -0.05) is 6.07 Å².